The predicted molar refractivity (Wildman–Crippen MR) is 143 cm³/mol. The minimum atomic E-state index is -5.10. The van der Waals surface area contributed by atoms with Crippen LogP contribution in [-0.4, -0.2) is 95.0 Å². The standard InChI is InChI=1S/C27H25F9N8O2/c1-10-16(26(31,32)33)11(5-14(37)39-10)18-17(28)19-15-21(42-23(41-19)45-7-13-24(9-43(13)2)8-25(24,29)30)44-4-3-38-6-12(44)20(27(34,35)36)46-22(15)40-18/h5,12-13,20,38H,3-4,6-9H2,1-2H3,(H2,37,39)/t12-,13-,20+,24-/m0/s1. The molecule has 46 heavy (non-hydrogen) atoms. The van der Waals surface area contributed by atoms with Crippen molar-refractivity contribution in [2.75, 3.05) is 50.5 Å². The van der Waals surface area contributed by atoms with Crippen LogP contribution in [-0.2, 0) is 6.18 Å². The second kappa shape index (κ2) is 9.82. The highest BCUT2D eigenvalue weighted by atomic mass is 19.4. The van der Waals surface area contributed by atoms with Crippen LogP contribution in [0.4, 0.5) is 51.1 Å². The first-order valence-corrected chi connectivity index (χ1v) is 14.1. The van der Waals surface area contributed by atoms with Gasteiger partial charge in [0.1, 0.15) is 34.8 Å². The summed E-state index contributed by atoms with van der Waals surface area (Å²) in [6.07, 6.45) is -13.0. The Kier molecular flexibility index (Phi) is 6.57. The van der Waals surface area contributed by atoms with E-state index in [1.54, 1.807) is 11.9 Å². The first kappa shape index (κ1) is 30.8. The average molecular weight is 665 g/mol. The SMILES string of the molecule is Cc1nc(N)cc(-c2nc3c4c(nc(OC[C@@H]5N(C)C[C@@]56CC6(F)F)nc4c2F)N2CCNC[C@H]2[C@H](C(F)(F)F)O3)c1C(F)(F)F. The molecule has 2 saturated heterocycles. The Morgan fingerprint density at radius 3 is 2.48 bits per heavy atom. The molecule has 6 heterocycles. The van der Waals surface area contributed by atoms with E-state index in [2.05, 4.69) is 25.3 Å². The van der Waals surface area contributed by atoms with Gasteiger partial charge in [0.05, 0.1) is 28.8 Å². The number of anilines is 2. The number of hydrogen-bond donors (Lipinski definition) is 2. The Hall–Kier alpha value is -3.87. The van der Waals surface area contributed by atoms with Crippen LogP contribution in [0.1, 0.15) is 17.7 Å². The lowest BCUT2D eigenvalue weighted by molar-refractivity contribution is -0.201. The van der Waals surface area contributed by atoms with Crippen molar-refractivity contribution in [3.05, 3.63) is 23.1 Å². The highest BCUT2D eigenvalue weighted by Crippen LogP contribution is 2.68. The first-order valence-electron chi connectivity index (χ1n) is 14.1. The monoisotopic (exact) mass is 664 g/mol. The zero-order valence-electron chi connectivity index (χ0n) is 24.0. The minimum absolute atomic E-state index is 0.0615. The number of fused-ring (bicyclic) bond motifs is 2. The maximum atomic E-state index is 16.5. The molecule has 4 aliphatic rings. The molecule has 10 nitrogen and oxygen atoms in total. The van der Waals surface area contributed by atoms with E-state index in [0.29, 0.717) is 6.07 Å². The van der Waals surface area contributed by atoms with Crippen molar-refractivity contribution in [3.8, 4) is 23.1 Å². The number of alkyl halides is 8. The number of nitrogens with one attached hydrogen (secondary N) is 1. The molecule has 3 N–H and O–H groups in total. The van der Waals surface area contributed by atoms with Crippen molar-refractivity contribution in [1.29, 1.82) is 0 Å². The van der Waals surface area contributed by atoms with Crippen molar-refractivity contribution in [2.45, 2.75) is 49.8 Å². The van der Waals surface area contributed by atoms with Gasteiger partial charge in [0.2, 0.25) is 12.0 Å². The summed E-state index contributed by atoms with van der Waals surface area (Å²) < 4.78 is 142. The van der Waals surface area contributed by atoms with E-state index in [-0.39, 0.29) is 45.0 Å². The first-order chi connectivity index (χ1) is 21.4. The highest BCUT2D eigenvalue weighted by Gasteiger charge is 2.79. The third-order valence-corrected chi connectivity index (χ3v) is 9.15. The largest absolute Gasteiger partial charge is 0.462 e. The Morgan fingerprint density at radius 2 is 1.85 bits per heavy atom. The topological polar surface area (TPSA) is 115 Å². The van der Waals surface area contributed by atoms with Gasteiger partial charge in [-0.05, 0) is 20.0 Å². The maximum Gasteiger partial charge on any atom is 0.427 e. The summed E-state index contributed by atoms with van der Waals surface area (Å²) in [5, 5.41) is 2.42. The van der Waals surface area contributed by atoms with E-state index in [1.165, 1.54) is 4.90 Å². The number of nitrogens with two attached hydrogens (primary N) is 1. The number of nitrogen functional groups attached to an aromatic ring is 1. The smallest absolute Gasteiger partial charge is 0.427 e. The number of aryl methyl sites for hydroxylation is 1. The maximum absolute atomic E-state index is 16.5. The molecule has 1 saturated carbocycles. The molecule has 19 heteroatoms. The Bertz CT molecular complexity index is 1750. The number of pyridine rings is 2. The number of aromatic nitrogens is 4. The van der Waals surface area contributed by atoms with Crippen molar-refractivity contribution in [1.82, 2.24) is 30.2 Å². The number of halogens is 9. The zero-order valence-corrected chi connectivity index (χ0v) is 24.0. The summed E-state index contributed by atoms with van der Waals surface area (Å²) in [5.41, 5.74) is -0.349. The molecule has 0 bridgehead atoms. The number of piperazine rings is 1. The summed E-state index contributed by atoms with van der Waals surface area (Å²) in [7, 11) is 1.60. The summed E-state index contributed by atoms with van der Waals surface area (Å²) in [6, 6.07) is -2.10. The molecule has 248 valence electrons. The number of likely N-dealkylation sites (N-methyl/N-ethyl adjacent to an activating group) is 1. The van der Waals surface area contributed by atoms with Gasteiger partial charge in [0.25, 0.3) is 5.92 Å². The van der Waals surface area contributed by atoms with Crippen molar-refractivity contribution >= 4 is 22.5 Å². The van der Waals surface area contributed by atoms with Gasteiger partial charge in [-0.25, -0.2) is 23.1 Å². The third-order valence-electron chi connectivity index (χ3n) is 9.15. The quantitative estimate of drug-likeness (QED) is 0.398. The molecule has 7 rings (SSSR count). The van der Waals surface area contributed by atoms with Crippen molar-refractivity contribution < 1.29 is 49.0 Å². The van der Waals surface area contributed by atoms with Gasteiger partial charge >= 0.3 is 18.4 Å². The van der Waals surface area contributed by atoms with E-state index in [1.807, 2.05) is 0 Å². The van der Waals surface area contributed by atoms with Crippen molar-refractivity contribution in [2.24, 2.45) is 5.41 Å². The molecule has 0 radical (unpaired) electrons. The van der Waals surface area contributed by atoms with Crippen LogP contribution in [0, 0.1) is 18.2 Å². The molecule has 0 amide bonds. The van der Waals surface area contributed by atoms with Crippen LogP contribution in [0.5, 0.6) is 11.9 Å². The summed E-state index contributed by atoms with van der Waals surface area (Å²) in [4.78, 5) is 18.7. The van der Waals surface area contributed by atoms with Crippen LogP contribution < -0.4 is 25.4 Å². The Morgan fingerprint density at radius 1 is 1.13 bits per heavy atom. The van der Waals surface area contributed by atoms with E-state index in [9.17, 15) is 35.1 Å². The fourth-order valence-corrected chi connectivity index (χ4v) is 6.92. The minimum Gasteiger partial charge on any atom is -0.462 e. The van der Waals surface area contributed by atoms with Gasteiger partial charge in [-0.1, -0.05) is 0 Å². The lowest BCUT2D eigenvalue weighted by Gasteiger charge is -2.46. The molecule has 1 spiro atoms. The van der Waals surface area contributed by atoms with Crippen LogP contribution in [0.25, 0.3) is 22.2 Å². The molecular weight excluding hydrogens is 639 g/mol. The molecule has 3 aromatic rings. The Balaban J connectivity index is 1.43. The van der Waals surface area contributed by atoms with Gasteiger partial charge in [-0.2, -0.15) is 36.3 Å². The normalized spacial score (nSPS) is 27.2. The van der Waals surface area contributed by atoms with Gasteiger partial charge in [-0.3, -0.25) is 4.90 Å². The Labute approximate surface area is 254 Å². The van der Waals surface area contributed by atoms with Crippen LogP contribution in [0.3, 0.4) is 0 Å². The van der Waals surface area contributed by atoms with Gasteiger partial charge in [0, 0.05) is 38.2 Å². The fraction of sp³-hybridized carbons (Fsp3) is 0.556. The molecule has 3 fully saturated rings. The van der Waals surface area contributed by atoms with Crippen LogP contribution in [0.2, 0.25) is 0 Å². The second-order valence-electron chi connectivity index (χ2n) is 12.0. The number of nitrogens with zero attached hydrogens (tertiary/aromatic N) is 6. The number of likely N-dealkylation sites (tertiary alicyclic amines) is 1. The van der Waals surface area contributed by atoms with Gasteiger partial charge in [-0.15, -0.1) is 0 Å². The number of rotatable bonds is 4. The summed E-state index contributed by atoms with van der Waals surface area (Å²) >= 11 is 0. The molecule has 3 aromatic heterocycles. The van der Waals surface area contributed by atoms with E-state index >= 15 is 4.39 Å². The molecular formula is C27H25F9N8O2. The summed E-state index contributed by atoms with van der Waals surface area (Å²) in [5.74, 6) is -5.92. The summed E-state index contributed by atoms with van der Waals surface area (Å²) in [6.45, 7) is 0.610. The van der Waals surface area contributed by atoms with Gasteiger partial charge < -0.3 is 25.4 Å². The number of hydrogen-bond acceptors (Lipinski definition) is 10. The lowest BCUT2D eigenvalue weighted by atomic mass is 9.85. The fourth-order valence-electron chi connectivity index (χ4n) is 6.92. The van der Waals surface area contributed by atoms with Crippen molar-refractivity contribution in [3.63, 3.8) is 0 Å². The highest BCUT2D eigenvalue weighted by molar-refractivity contribution is 5.97. The third kappa shape index (κ3) is 4.56. The van der Waals surface area contributed by atoms with Crippen LogP contribution in [0.15, 0.2) is 6.07 Å². The number of ether oxygens (including phenoxy) is 2. The average Bonchev–Trinajstić information content (AvgIpc) is 3.56. The van der Waals surface area contributed by atoms with E-state index in [4.69, 9.17) is 15.2 Å². The van der Waals surface area contributed by atoms with E-state index in [0.717, 1.165) is 6.92 Å². The van der Waals surface area contributed by atoms with E-state index < -0.39 is 98.8 Å². The molecule has 4 atom stereocenters. The molecule has 3 aliphatic heterocycles. The zero-order chi connectivity index (χ0) is 33.1. The lowest BCUT2D eigenvalue weighted by Crippen LogP contribution is -2.61. The van der Waals surface area contributed by atoms with Crippen LogP contribution >= 0.6 is 0 Å². The molecule has 0 unspecified atom stereocenters. The molecule has 0 aromatic carbocycles. The van der Waals surface area contributed by atoms with Gasteiger partial charge in [0.15, 0.2) is 5.82 Å². The second-order valence-corrected chi connectivity index (χ2v) is 12.0. The molecule has 1 aliphatic carbocycles. The predicted octanol–water partition coefficient (Wildman–Crippen LogP) is 3.96.